The lowest BCUT2D eigenvalue weighted by atomic mass is 9.95. The average molecular weight is 264 g/mol. The molecule has 0 aromatic rings. The zero-order valence-corrected chi connectivity index (χ0v) is 10.9. The summed E-state index contributed by atoms with van der Waals surface area (Å²) < 4.78 is 28.2. The van der Waals surface area contributed by atoms with Gasteiger partial charge in [0.25, 0.3) is 6.43 Å². The number of amides is 1. The molecule has 1 aliphatic heterocycles. The average Bonchev–Trinajstić information content (AvgIpc) is 2.28. The number of alkyl halides is 2. The molecule has 0 aliphatic carbocycles. The van der Waals surface area contributed by atoms with Gasteiger partial charge in [-0.2, -0.15) is 0 Å². The molecule has 0 radical (unpaired) electrons. The van der Waals surface area contributed by atoms with E-state index >= 15 is 0 Å². The standard InChI is InChI=1S/C12H22F2N2O2/c1-8-3-4-10(9(2)15-8)16-12(17)5-6-18-7-11(13)14/h8-11,15H,3-7H2,1-2H3,(H,16,17). The maximum atomic E-state index is 11.8. The van der Waals surface area contributed by atoms with Crippen molar-refractivity contribution >= 4 is 5.91 Å². The molecule has 1 heterocycles. The fraction of sp³-hybridized carbons (Fsp3) is 0.917. The molecule has 18 heavy (non-hydrogen) atoms. The van der Waals surface area contributed by atoms with Crippen molar-refractivity contribution in [1.29, 1.82) is 0 Å². The molecule has 6 heteroatoms. The van der Waals surface area contributed by atoms with Crippen molar-refractivity contribution in [2.45, 2.75) is 57.7 Å². The molecule has 3 atom stereocenters. The molecule has 0 bridgehead atoms. The maximum Gasteiger partial charge on any atom is 0.261 e. The second-order valence-corrected chi connectivity index (χ2v) is 4.82. The summed E-state index contributed by atoms with van der Waals surface area (Å²) in [4.78, 5) is 11.6. The Morgan fingerprint density at radius 1 is 1.44 bits per heavy atom. The molecule has 1 saturated heterocycles. The van der Waals surface area contributed by atoms with Gasteiger partial charge in [0.15, 0.2) is 0 Å². The summed E-state index contributed by atoms with van der Waals surface area (Å²) >= 11 is 0. The monoisotopic (exact) mass is 264 g/mol. The molecule has 1 fully saturated rings. The van der Waals surface area contributed by atoms with Crippen LogP contribution in [0.3, 0.4) is 0 Å². The van der Waals surface area contributed by atoms with Gasteiger partial charge in [-0.05, 0) is 26.7 Å². The number of rotatable bonds is 6. The fourth-order valence-corrected chi connectivity index (χ4v) is 2.14. The van der Waals surface area contributed by atoms with Crippen LogP contribution in [0.25, 0.3) is 0 Å². The van der Waals surface area contributed by atoms with Crippen LogP contribution in [0.1, 0.15) is 33.1 Å². The quantitative estimate of drug-likeness (QED) is 0.711. The van der Waals surface area contributed by atoms with Gasteiger partial charge in [0, 0.05) is 24.5 Å². The van der Waals surface area contributed by atoms with Gasteiger partial charge < -0.3 is 15.4 Å². The largest absolute Gasteiger partial charge is 0.375 e. The number of carbonyl (C=O) groups excluding carboxylic acids is 1. The molecule has 2 N–H and O–H groups in total. The Bertz CT molecular complexity index is 264. The first kappa shape index (κ1) is 15.3. The third-order valence-corrected chi connectivity index (χ3v) is 3.13. The topological polar surface area (TPSA) is 50.4 Å². The third-order valence-electron chi connectivity index (χ3n) is 3.13. The van der Waals surface area contributed by atoms with Crippen LogP contribution in [0.5, 0.6) is 0 Å². The molecule has 0 spiro atoms. The van der Waals surface area contributed by atoms with Crippen LogP contribution < -0.4 is 10.6 Å². The summed E-state index contributed by atoms with van der Waals surface area (Å²) in [5, 5.41) is 6.28. The minimum Gasteiger partial charge on any atom is -0.375 e. The Hall–Kier alpha value is -0.750. The summed E-state index contributed by atoms with van der Waals surface area (Å²) in [6.45, 7) is 3.59. The van der Waals surface area contributed by atoms with Crippen molar-refractivity contribution in [2.24, 2.45) is 0 Å². The molecule has 0 saturated carbocycles. The summed E-state index contributed by atoms with van der Waals surface area (Å²) in [6, 6.07) is 0.825. The van der Waals surface area contributed by atoms with Gasteiger partial charge in [0.2, 0.25) is 5.91 Å². The summed E-state index contributed by atoms with van der Waals surface area (Å²) in [6.07, 6.45) is -0.376. The molecule has 1 aliphatic rings. The van der Waals surface area contributed by atoms with Crippen molar-refractivity contribution in [3.8, 4) is 0 Å². The van der Waals surface area contributed by atoms with Crippen LogP contribution in [-0.4, -0.2) is 43.7 Å². The van der Waals surface area contributed by atoms with E-state index in [4.69, 9.17) is 0 Å². The van der Waals surface area contributed by atoms with Gasteiger partial charge in [-0.3, -0.25) is 4.79 Å². The highest BCUT2D eigenvalue weighted by atomic mass is 19.3. The normalized spacial score (nSPS) is 28.4. The first-order valence-corrected chi connectivity index (χ1v) is 6.40. The minimum atomic E-state index is -2.47. The van der Waals surface area contributed by atoms with Crippen LogP contribution in [0.15, 0.2) is 0 Å². The summed E-state index contributed by atoms with van der Waals surface area (Å²) in [5.41, 5.74) is 0. The zero-order valence-electron chi connectivity index (χ0n) is 10.9. The molecule has 0 aromatic heterocycles. The van der Waals surface area contributed by atoms with E-state index in [0.717, 1.165) is 12.8 Å². The predicted octanol–water partition coefficient (Wildman–Crippen LogP) is 1.30. The van der Waals surface area contributed by atoms with E-state index in [1.165, 1.54) is 0 Å². The van der Waals surface area contributed by atoms with Crippen molar-refractivity contribution in [3.63, 3.8) is 0 Å². The van der Waals surface area contributed by atoms with Gasteiger partial charge in [-0.25, -0.2) is 8.78 Å². The number of piperidine rings is 1. The molecule has 3 unspecified atom stereocenters. The first-order chi connectivity index (χ1) is 8.49. The highest BCUT2D eigenvalue weighted by Crippen LogP contribution is 2.13. The number of halogens is 2. The maximum absolute atomic E-state index is 11.8. The van der Waals surface area contributed by atoms with Crippen LogP contribution >= 0.6 is 0 Å². The van der Waals surface area contributed by atoms with Gasteiger partial charge in [0.05, 0.1) is 6.61 Å². The second-order valence-electron chi connectivity index (χ2n) is 4.82. The van der Waals surface area contributed by atoms with Crippen LogP contribution in [0.2, 0.25) is 0 Å². The highest BCUT2D eigenvalue weighted by molar-refractivity contribution is 5.76. The van der Waals surface area contributed by atoms with Gasteiger partial charge in [0.1, 0.15) is 6.61 Å². The molecular formula is C12H22F2N2O2. The predicted molar refractivity (Wildman–Crippen MR) is 64.7 cm³/mol. The van der Waals surface area contributed by atoms with E-state index < -0.39 is 13.0 Å². The Labute approximate surface area is 106 Å². The van der Waals surface area contributed by atoms with Crippen molar-refractivity contribution in [1.82, 2.24) is 10.6 Å². The molecule has 1 amide bonds. The van der Waals surface area contributed by atoms with Crippen LogP contribution in [-0.2, 0) is 9.53 Å². The van der Waals surface area contributed by atoms with Crippen LogP contribution in [0.4, 0.5) is 8.78 Å². The van der Waals surface area contributed by atoms with Gasteiger partial charge >= 0.3 is 0 Å². The smallest absolute Gasteiger partial charge is 0.261 e. The van der Waals surface area contributed by atoms with Crippen molar-refractivity contribution in [2.75, 3.05) is 13.2 Å². The minimum absolute atomic E-state index is 0.0428. The molecular weight excluding hydrogens is 242 g/mol. The molecule has 1 rings (SSSR count). The Balaban J connectivity index is 2.15. The van der Waals surface area contributed by atoms with Crippen molar-refractivity contribution in [3.05, 3.63) is 0 Å². The Morgan fingerprint density at radius 2 is 2.17 bits per heavy atom. The van der Waals surface area contributed by atoms with Crippen molar-refractivity contribution < 1.29 is 18.3 Å². The second kappa shape index (κ2) is 7.63. The SMILES string of the molecule is CC1CCC(NC(=O)CCOCC(F)F)C(C)N1. The third kappa shape index (κ3) is 5.73. The number of ether oxygens (including phenoxy) is 1. The lowest BCUT2D eigenvalue weighted by Gasteiger charge is -2.34. The van der Waals surface area contributed by atoms with E-state index in [-0.39, 0.29) is 31.0 Å². The number of nitrogens with one attached hydrogen (secondary N) is 2. The zero-order chi connectivity index (χ0) is 13.5. The van der Waals surface area contributed by atoms with E-state index in [9.17, 15) is 13.6 Å². The Kier molecular flexibility index (Phi) is 6.49. The summed E-state index contributed by atoms with van der Waals surface area (Å²) in [5.74, 6) is -0.141. The highest BCUT2D eigenvalue weighted by Gasteiger charge is 2.25. The lowest BCUT2D eigenvalue weighted by Crippen LogP contribution is -2.54. The van der Waals surface area contributed by atoms with E-state index in [1.54, 1.807) is 0 Å². The van der Waals surface area contributed by atoms with E-state index in [2.05, 4.69) is 22.3 Å². The Morgan fingerprint density at radius 3 is 2.78 bits per heavy atom. The fourth-order valence-electron chi connectivity index (χ4n) is 2.14. The summed E-state index contributed by atoms with van der Waals surface area (Å²) in [7, 11) is 0. The number of hydrogen-bond acceptors (Lipinski definition) is 3. The molecule has 106 valence electrons. The number of carbonyl (C=O) groups is 1. The molecule has 4 nitrogen and oxygen atoms in total. The molecule has 0 aromatic carbocycles. The first-order valence-electron chi connectivity index (χ1n) is 6.40. The van der Waals surface area contributed by atoms with Crippen LogP contribution in [0, 0.1) is 0 Å². The number of hydrogen-bond donors (Lipinski definition) is 2. The van der Waals surface area contributed by atoms with Gasteiger partial charge in [-0.1, -0.05) is 0 Å². The lowest BCUT2D eigenvalue weighted by molar-refractivity contribution is -0.123. The van der Waals surface area contributed by atoms with E-state index in [1.807, 2.05) is 6.92 Å². The van der Waals surface area contributed by atoms with E-state index in [0.29, 0.717) is 6.04 Å². The van der Waals surface area contributed by atoms with Gasteiger partial charge in [-0.15, -0.1) is 0 Å².